The van der Waals surface area contributed by atoms with E-state index in [1.54, 1.807) is 18.2 Å². The quantitative estimate of drug-likeness (QED) is 0.851. The van der Waals surface area contributed by atoms with Crippen molar-refractivity contribution in [1.29, 1.82) is 0 Å². The summed E-state index contributed by atoms with van der Waals surface area (Å²) in [6.07, 6.45) is 0. The highest BCUT2D eigenvalue weighted by Crippen LogP contribution is 2.32. The van der Waals surface area contributed by atoms with Gasteiger partial charge in [-0.25, -0.2) is 8.42 Å². The molecule has 0 saturated carbocycles. The first-order chi connectivity index (χ1) is 11.0. The zero-order chi connectivity index (χ0) is 16.4. The van der Waals surface area contributed by atoms with Gasteiger partial charge in [0.2, 0.25) is 10.0 Å². The fraction of sp³-hybridized carbons (Fsp3) is 0.235. The van der Waals surface area contributed by atoms with Gasteiger partial charge in [-0.3, -0.25) is 9.10 Å². The van der Waals surface area contributed by atoms with Crippen LogP contribution in [0.1, 0.15) is 21.5 Å². The van der Waals surface area contributed by atoms with Gasteiger partial charge in [-0.05, 0) is 29.3 Å². The smallest absolute Gasteiger partial charge is 0.239 e. The van der Waals surface area contributed by atoms with Gasteiger partial charge in [-0.1, -0.05) is 30.3 Å². The first kappa shape index (κ1) is 15.7. The fourth-order valence-electron chi connectivity index (χ4n) is 2.64. The molecule has 0 bridgehead atoms. The number of carbonyl (C=O) groups excluding carboxylic acids is 1. The molecule has 0 atom stereocenters. The molecule has 5 nitrogen and oxygen atoms in total. The van der Waals surface area contributed by atoms with Gasteiger partial charge in [-0.15, -0.1) is 0 Å². The predicted molar refractivity (Wildman–Crippen MR) is 89.9 cm³/mol. The summed E-state index contributed by atoms with van der Waals surface area (Å²) in [7, 11) is -1.74. The number of hydrogen-bond donors (Lipinski definition) is 1. The summed E-state index contributed by atoms with van der Waals surface area (Å²) in [5.74, 6) is -0.0899. The number of ketones is 1. The van der Waals surface area contributed by atoms with E-state index in [9.17, 15) is 13.2 Å². The summed E-state index contributed by atoms with van der Waals surface area (Å²) < 4.78 is 25.0. The Labute approximate surface area is 136 Å². The summed E-state index contributed by atoms with van der Waals surface area (Å²) in [5, 5.41) is 3.11. The van der Waals surface area contributed by atoms with Gasteiger partial charge in [-0.2, -0.15) is 0 Å². The van der Waals surface area contributed by atoms with Crippen LogP contribution in [0.25, 0.3) is 0 Å². The second-order valence-corrected chi connectivity index (χ2v) is 7.58. The number of fused-ring (bicyclic) bond motifs is 1. The summed E-state index contributed by atoms with van der Waals surface area (Å²) in [5.41, 5.74) is 2.98. The standard InChI is InChI=1S/C17H18N2O3S/c1-19-16-8-7-14(9-15(16)12-23(19,21)22)17(20)11-18-10-13-5-3-2-4-6-13/h2-9,18H,10-12H2,1H3. The molecule has 6 heteroatoms. The summed E-state index contributed by atoms with van der Waals surface area (Å²) in [6, 6.07) is 14.9. The molecule has 0 spiro atoms. The van der Waals surface area contributed by atoms with E-state index in [2.05, 4.69) is 5.32 Å². The van der Waals surface area contributed by atoms with Crippen LogP contribution in [0.15, 0.2) is 48.5 Å². The zero-order valence-electron chi connectivity index (χ0n) is 12.8. The van der Waals surface area contributed by atoms with Crippen LogP contribution in [0, 0.1) is 0 Å². The highest BCUT2D eigenvalue weighted by molar-refractivity contribution is 7.92. The Bertz CT molecular complexity index is 832. The minimum Gasteiger partial charge on any atom is -0.306 e. The van der Waals surface area contributed by atoms with Crippen molar-refractivity contribution < 1.29 is 13.2 Å². The van der Waals surface area contributed by atoms with Gasteiger partial charge in [0.25, 0.3) is 0 Å². The Morgan fingerprint density at radius 1 is 1.17 bits per heavy atom. The lowest BCUT2D eigenvalue weighted by molar-refractivity contribution is 0.0990. The van der Waals surface area contributed by atoms with Crippen LogP contribution in [-0.4, -0.2) is 27.8 Å². The molecule has 0 amide bonds. The Morgan fingerprint density at radius 3 is 2.65 bits per heavy atom. The number of carbonyl (C=O) groups is 1. The molecule has 3 rings (SSSR count). The number of sulfonamides is 1. The van der Waals surface area contributed by atoms with E-state index in [0.717, 1.165) is 5.56 Å². The Morgan fingerprint density at radius 2 is 1.91 bits per heavy atom. The van der Waals surface area contributed by atoms with Crippen LogP contribution in [0.5, 0.6) is 0 Å². The number of anilines is 1. The van der Waals surface area contributed by atoms with Crippen molar-refractivity contribution in [3.05, 3.63) is 65.2 Å². The summed E-state index contributed by atoms with van der Waals surface area (Å²) in [6.45, 7) is 0.838. The summed E-state index contributed by atoms with van der Waals surface area (Å²) in [4.78, 5) is 12.3. The second kappa shape index (κ2) is 6.14. The van der Waals surface area contributed by atoms with Gasteiger partial charge in [0, 0.05) is 19.2 Å². The highest BCUT2D eigenvalue weighted by Gasteiger charge is 2.30. The van der Waals surface area contributed by atoms with E-state index in [-0.39, 0.29) is 18.1 Å². The molecule has 2 aromatic carbocycles. The fourth-order valence-corrected chi connectivity index (χ4v) is 3.94. The molecule has 0 aromatic heterocycles. The van der Waals surface area contributed by atoms with E-state index in [4.69, 9.17) is 0 Å². The highest BCUT2D eigenvalue weighted by atomic mass is 32.2. The number of nitrogens with zero attached hydrogens (tertiary/aromatic N) is 1. The van der Waals surface area contributed by atoms with Crippen molar-refractivity contribution in [3.63, 3.8) is 0 Å². The summed E-state index contributed by atoms with van der Waals surface area (Å²) >= 11 is 0. The molecule has 23 heavy (non-hydrogen) atoms. The van der Waals surface area contributed by atoms with Crippen LogP contribution in [0.2, 0.25) is 0 Å². The molecule has 1 N–H and O–H groups in total. The lowest BCUT2D eigenvalue weighted by Crippen LogP contribution is -2.22. The van der Waals surface area contributed by atoms with Crippen LogP contribution in [-0.2, 0) is 22.3 Å². The van der Waals surface area contributed by atoms with Crippen molar-refractivity contribution in [1.82, 2.24) is 5.32 Å². The molecule has 120 valence electrons. The minimum absolute atomic E-state index is 0.0442. The maximum Gasteiger partial charge on any atom is 0.239 e. The van der Waals surface area contributed by atoms with Gasteiger partial charge in [0.05, 0.1) is 18.0 Å². The normalized spacial score (nSPS) is 15.4. The third kappa shape index (κ3) is 3.28. The van der Waals surface area contributed by atoms with Crippen molar-refractivity contribution in [2.24, 2.45) is 0 Å². The minimum atomic E-state index is -3.27. The SMILES string of the molecule is CN1c2ccc(C(=O)CNCc3ccccc3)cc2CS1(=O)=O. The predicted octanol–water partition coefficient (Wildman–Crippen LogP) is 1.94. The average Bonchev–Trinajstić information content (AvgIpc) is 2.77. The maximum atomic E-state index is 12.3. The first-order valence-electron chi connectivity index (χ1n) is 7.35. The Hall–Kier alpha value is -2.18. The maximum absolute atomic E-state index is 12.3. The number of benzene rings is 2. The Balaban J connectivity index is 1.65. The topological polar surface area (TPSA) is 66.5 Å². The van der Waals surface area contributed by atoms with Crippen molar-refractivity contribution in [2.75, 3.05) is 17.9 Å². The average molecular weight is 330 g/mol. The molecule has 0 radical (unpaired) electrons. The van der Waals surface area contributed by atoms with Gasteiger partial charge in [0.15, 0.2) is 5.78 Å². The molecular weight excluding hydrogens is 312 g/mol. The molecule has 0 unspecified atom stereocenters. The molecule has 2 aromatic rings. The number of hydrogen-bond acceptors (Lipinski definition) is 4. The van der Waals surface area contributed by atoms with Crippen molar-refractivity contribution in [3.8, 4) is 0 Å². The van der Waals surface area contributed by atoms with E-state index >= 15 is 0 Å². The van der Waals surface area contributed by atoms with E-state index in [0.29, 0.717) is 23.4 Å². The third-order valence-corrected chi connectivity index (χ3v) is 5.66. The molecular formula is C17H18N2O3S. The van der Waals surface area contributed by atoms with Crippen molar-refractivity contribution >= 4 is 21.5 Å². The van der Waals surface area contributed by atoms with Gasteiger partial charge >= 0.3 is 0 Å². The zero-order valence-corrected chi connectivity index (χ0v) is 13.6. The van der Waals surface area contributed by atoms with Crippen LogP contribution < -0.4 is 9.62 Å². The third-order valence-electron chi connectivity index (χ3n) is 3.95. The van der Waals surface area contributed by atoms with Crippen LogP contribution in [0.4, 0.5) is 5.69 Å². The van der Waals surface area contributed by atoms with E-state index in [1.807, 2.05) is 30.3 Å². The molecule has 1 aliphatic rings. The van der Waals surface area contributed by atoms with E-state index in [1.165, 1.54) is 11.4 Å². The number of Topliss-reactive ketones (excluding diaryl/α,β-unsaturated/α-hetero) is 1. The lowest BCUT2D eigenvalue weighted by atomic mass is 10.1. The molecule has 0 aliphatic carbocycles. The lowest BCUT2D eigenvalue weighted by Gasteiger charge is -2.11. The molecule has 0 saturated heterocycles. The van der Waals surface area contributed by atoms with Crippen LogP contribution in [0.3, 0.4) is 0 Å². The van der Waals surface area contributed by atoms with Gasteiger partial charge < -0.3 is 5.32 Å². The largest absolute Gasteiger partial charge is 0.306 e. The monoisotopic (exact) mass is 330 g/mol. The first-order valence-corrected chi connectivity index (χ1v) is 8.96. The number of rotatable bonds is 5. The van der Waals surface area contributed by atoms with Crippen LogP contribution >= 0.6 is 0 Å². The molecule has 1 aliphatic heterocycles. The van der Waals surface area contributed by atoms with Gasteiger partial charge in [0.1, 0.15) is 0 Å². The van der Waals surface area contributed by atoms with E-state index < -0.39 is 10.0 Å². The molecule has 0 fully saturated rings. The van der Waals surface area contributed by atoms with Crippen molar-refractivity contribution in [2.45, 2.75) is 12.3 Å². The second-order valence-electron chi connectivity index (χ2n) is 5.58. The molecule has 1 heterocycles. The Kier molecular flexibility index (Phi) is 4.19. The number of nitrogens with one attached hydrogen (secondary N) is 1.